The number of nitrogens with one attached hydrogen (secondary N) is 2. The van der Waals surface area contributed by atoms with Crippen molar-refractivity contribution in [2.24, 2.45) is 0 Å². The van der Waals surface area contributed by atoms with E-state index in [1.165, 1.54) is 12.1 Å². The van der Waals surface area contributed by atoms with Crippen molar-refractivity contribution in [2.75, 3.05) is 17.2 Å². The van der Waals surface area contributed by atoms with Crippen LogP contribution in [0.1, 0.15) is 34.1 Å². The smallest absolute Gasteiger partial charge is 0.412 e. The number of hydrogen-bond donors (Lipinski definition) is 2. The Bertz CT molecular complexity index is 442. The first kappa shape index (κ1) is 15.3. The molecular formula is C14H21FN2O2. The molecule has 0 aliphatic heterocycles. The summed E-state index contributed by atoms with van der Waals surface area (Å²) in [5.74, 6) is -0.344. The number of rotatable bonds is 4. The molecule has 0 aliphatic rings. The van der Waals surface area contributed by atoms with Gasteiger partial charge in [0.2, 0.25) is 0 Å². The van der Waals surface area contributed by atoms with E-state index in [2.05, 4.69) is 10.6 Å². The van der Waals surface area contributed by atoms with E-state index in [1.54, 1.807) is 26.8 Å². The van der Waals surface area contributed by atoms with Gasteiger partial charge in [-0.25, -0.2) is 9.18 Å². The van der Waals surface area contributed by atoms with Gasteiger partial charge >= 0.3 is 6.09 Å². The number of ether oxygens (including phenoxy) is 1. The SMILES string of the molecule is CCCNc1cc(NC(=O)OC(C)(C)C)ccc1F. The minimum Gasteiger partial charge on any atom is -0.444 e. The summed E-state index contributed by atoms with van der Waals surface area (Å²) in [4.78, 5) is 11.6. The highest BCUT2D eigenvalue weighted by atomic mass is 19.1. The third-order valence-electron chi connectivity index (χ3n) is 2.18. The number of hydrogen-bond acceptors (Lipinski definition) is 3. The molecule has 19 heavy (non-hydrogen) atoms. The molecule has 0 radical (unpaired) electrons. The second-order valence-corrected chi connectivity index (χ2v) is 5.25. The highest BCUT2D eigenvalue weighted by molar-refractivity contribution is 5.85. The van der Waals surface area contributed by atoms with E-state index in [0.29, 0.717) is 17.9 Å². The van der Waals surface area contributed by atoms with Crippen LogP contribution in [0.15, 0.2) is 18.2 Å². The van der Waals surface area contributed by atoms with Crippen molar-refractivity contribution in [3.8, 4) is 0 Å². The summed E-state index contributed by atoms with van der Waals surface area (Å²) in [5, 5.41) is 5.53. The highest BCUT2D eigenvalue weighted by Gasteiger charge is 2.16. The predicted molar refractivity (Wildman–Crippen MR) is 75.0 cm³/mol. The van der Waals surface area contributed by atoms with E-state index in [4.69, 9.17) is 4.74 Å². The Labute approximate surface area is 113 Å². The summed E-state index contributed by atoms with van der Waals surface area (Å²) < 4.78 is 18.6. The molecule has 0 heterocycles. The molecule has 0 bridgehead atoms. The average Bonchev–Trinajstić information content (AvgIpc) is 2.27. The number of carbonyl (C=O) groups excluding carboxylic acids is 1. The average molecular weight is 268 g/mol. The molecule has 5 heteroatoms. The Kier molecular flexibility index (Phi) is 5.15. The molecule has 0 saturated heterocycles. The Hall–Kier alpha value is -1.78. The molecule has 1 aromatic rings. The quantitative estimate of drug-likeness (QED) is 0.868. The third-order valence-corrected chi connectivity index (χ3v) is 2.18. The summed E-state index contributed by atoms with van der Waals surface area (Å²) in [6, 6.07) is 4.36. The molecule has 2 N–H and O–H groups in total. The Morgan fingerprint density at radius 1 is 1.37 bits per heavy atom. The second-order valence-electron chi connectivity index (χ2n) is 5.25. The molecule has 0 fully saturated rings. The maximum atomic E-state index is 13.5. The molecule has 0 aliphatic carbocycles. The van der Waals surface area contributed by atoms with Crippen LogP contribution in [0.2, 0.25) is 0 Å². The van der Waals surface area contributed by atoms with Crippen LogP contribution in [0.4, 0.5) is 20.6 Å². The zero-order valence-corrected chi connectivity index (χ0v) is 11.8. The van der Waals surface area contributed by atoms with Crippen LogP contribution in [0.3, 0.4) is 0 Å². The number of benzene rings is 1. The molecule has 1 aromatic carbocycles. The molecule has 0 unspecified atom stereocenters. The van der Waals surface area contributed by atoms with E-state index in [0.717, 1.165) is 6.42 Å². The summed E-state index contributed by atoms with van der Waals surface area (Å²) in [6.07, 6.45) is 0.337. The van der Waals surface area contributed by atoms with Crippen molar-refractivity contribution < 1.29 is 13.9 Å². The number of amides is 1. The molecule has 0 saturated carbocycles. The van der Waals surface area contributed by atoms with Crippen LogP contribution in [0.5, 0.6) is 0 Å². The van der Waals surface area contributed by atoms with Crippen molar-refractivity contribution >= 4 is 17.5 Å². The van der Waals surface area contributed by atoms with Crippen LogP contribution in [-0.4, -0.2) is 18.2 Å². The highest BCUT2D eigenvalue weighted by Crippen LogP contribution is 2.20. The van der Waals surface area contributed by atoms with E-state index in [1.807, 2.05) is 6.92 Å². The van der Waals surface area contributed by atoms with Gasteiger partial charge in [-0.3, -0.25) is 5.32 Å². The largest absolute Gasteiger partial charge is 0.444 e. The van der Waals surface area contributed by atoms with Crippen molar-refractivity contribution in [1.29, 1.82) is 0 Å². The lowest BCUT2D eigenvalue weighted by atomic mass is 10.2. The summed E-state index contributed by atoms with van der Waals surface area (Å²) in [6.45, 7) is 8.02. The number of anilines is 2. The van der Waals surface area contributed by atoms with Gasteiger partial charge in [0.15, 0.2) is 0 Å². The van der Waals surface area contributed by atoms with Gasteiger partial charge in [-0.15, -0.1) is 0 Å². The maximum absolute atomic E-state index is 13.5. The zero-order chi connectivity index (χ0) is 14.5. The molecule has 106 valence electrons. The Morgan fingerprint density at radius 2 is 2.05 bits per heavy atom. The van der Waals surface area contributed by atoms with E-state index in [9.17, 15) is 9.18 Å². The van der Waals surface area contributed by atoms with Crippen LogP contribution >= 0.6 is 0 Å². The van der Waals surface area contributed by atoms with Crippen LogP contribution < -0.4 is 10.6 Å². The van der Waals surface area contributed by atoms with Crippen LogP contribution in [0, 0.1) is 5.82 Å². The lowest BCUT2D eigenvalue weighted by molar-refractivity contribution is 0.0636. The second kappa shape index (κ2) is 6.41. The fraction of sp³-hybridized carbons (Fsp3) is 0.500. The van der Waals surface area contributed by atoms with Gasteiger partial charge < -0.3 is 10.1 Å². The third kappa shape index (κ3) is 5.59. The van der Waals surface area contributed by atoms with Gasteiger partial charge in [-0.2, -0.15) is 0 Å². The first-order chi connectivity index (χ1) is 8.81. The summed E-state index contributed by atoms with van der Waals surface area (Å²) in [5.41, 5.74) is 0.303. The van der Waals surface area contributed by atoms with Crippen molar-refractivity contribution in [2.45, 2.75) is 39.7 Å². The predicted octanol–water partition coefficient (Wildman–Crippen LogP) is 3.99. The van der Waals surface area contributed by atoms with Crippen LogP contribution in [-0.2, 0) is 4.74 Å². The number of halogens is 1. The van der Waals surface area contributed by atoms with E-state index in [-0.39, 0.29) is 5.82 Å². The standard InChI is InChI=1S/C14H21FN2O2/c1-5-8-16-12-9-10(6-7-11(12)15)17-13(18)19-14(2,3)4/h6-7,9,16H,5,8H2,1-4H3,(H,17,18). The fourth-order valence-electron chi connectivity index (χ4n) is 1.42. The fourth-order valence-corrected chi connectivity index (χ4v) is 1.42. The lowest BCUT2D eigenvalue weighted by Crippen LogP contribution is -2.27. The van der Waals surface area contributed by atoms with Gasteiger partial charge in [-0.1, -0.05) is 6.92 Å². The number of carbonyl (C=O) groups is 1. The van der Waals surface area contributed by atoms with Crippen molar-refractivity contribution in [1.82, 2.24) is 0 Å². The van der Waals surface area contributed by atoms with E-state index >= 15 is 0 Å². The summed E-state index contributed by atoms with van der Waals surface area (Å²) in [7, 11) is 0. The maximum Gasteiger partial charge on any atom is 0.412 e. The minimum atomic E-state index is -0.562. The van der Waals surface area contributed by atoms with Gasteiger partial charge in [-0.05, 0) is 45.4 Å². The molecular weight excluding hydrogens is 247 g/mol. The van der Waals surface area contributed by atoms with E-state index < -0.39 is 11.7 Å². The van der Waals surface area contributed by atoms with Gasteiger partial charge in [0, 0.05) is 12.2 Å². The summed E-state index contributed by atoms with van der Waals surface area (Å²) >= 11 is 0. The van der Waals surface area contributed by atoms with Crippen LogP contribution in [0.25, 0.3) is 0 Å². The Balaban J connectivity index is 2.71. The zero-order valence-electron chi connectivity index (χ0n) is 11.8. The van der Waals surface area contributed by atoms with Crippen molar-refractivity contribution in [3.63, 3.8) is 0 Å². The monoisotopic (exact) mass is 268 g/mol. The lowest BCUT2D eigenvalue weighted by Gasteiger charge is -2.20. The molecule has 0 atom stereocenters. The van der Waals surface area contributed by atoms with Gasteiger partial charge in [0.05, 0.1) is 5.69 Å². The molecule has 4 nitrogen and oxygen atoms in total. The molecule has 0 spiro atoms. The molecule has 0 aromatic heterocycles. The molecule has 1 amide bonds. The van der Waals surface area contributed by atoms with Gasteiger partial charge in [0.25, 0.3) is 0 Å². The first-order valence-electron chi connectivity index (χ1n) is 6.35. The first-order valence-corrected chi connectivity index (χ1v) is 6.35. The Morgan fingerprint density at radius 3 is 2.63 bits per heavy atom. The molecule has 1 rings (SSSR count). The topological polar surface area (TPSA) is 50.4 Å². The minimum absolute atomic E-state index is 0.344. The normalized spacial score (nSPS) is 11.0. The van der Waals surface area contributed by atoms with Crippen molar-refractivity contribution in [3.05, 3.63) is 24.0 Å². The van der Waals surface area contributed by atoms with Gasteiger partial charge in [0.1, 0.15) is 11.4 Å².